The summed E-state index contributed by atoms with van der Waals surface area (Å²) in [4.78, 5) is 10.5. The number of hydrogen-bond donors (Lipinski definition) is 4. The molecule has 0 saturated heterocycles. The van der Waals surface area contributed by atoms with E-state index in [0.29, 0.717) is 5.78 Å². The average molecular weight is 230 g/mol. The Morgan fingerprint density at radius 1 is 0.929 bits per heavy atom. The van der Waals surface area contributed by atoms with E-state index in [-0.39, 0.29) is 0 Å². The van der Waals surface area contributed by atoms with Gasteiger partial charge in [-0.05, 0) is 12.8 Å². The highest BCUT2D eigenvalue weighted by Crippen LogP contribution is 2.12. The topological polar surface area (TPSA) is 132 Å². The molecule has 4 N–H and O–H groups in total. The zero-order chi connectivity index (χ0) is 11.6. The molecule has 8 heteroatoms. The summed E-state index contributed by atoms with van der Waals surface area (Å²) in [5, 5.41) is 12.0. The number of carbonyl (C=O) groups is 1. The minimum atomic E-state index is -4.67. The Kier molecular flexibility index (Phi) is 10.3. The van der Waals surface area contributed by atoms with Crippen LogP contribution < -0.4 is 0 Å². The van der Waals surface area contributed by atoms with Crippen LogP contribution in [-0.2, 0) is 15.2 Å². The van der Waals surface area contributed by atoms with Crippen LogP contribution in [0.1, 0.15) is 32.1 Å². The van der Waals surface area contributed by atoms with Crippen molar-refractivity contribution in [2.45, 2.75) is 32.1 Å². The first-order chi connectivity index (χ1) is 6.39. The third-order valence-corrected chi connectivity index (χ3v) is 1.41. The van der Waals surface area contributed by atoms with Gasteiger partial charge in [-0.2, -0.15) is 8.42 Å². The Morgan fingerprint density at radius 2 is 1.21 bits per heavy atom. The first-order valence-electron chi connectivity index (χ1n) is 3.81. The lowest BCUT2D eigenvalue weighted by Crippen LogP contribution is -2.02. The largest absolute Gasteiger partial charge is 0.394 e. The van der Waals surface area contributed by atoms with Crippen LogP contribution in [0.15, 0.2) is 0 Å². The molecule has 86 valence electrons. The lowest BCUT2D eigenvalue weighted by molar-refractivity contribution is -0.176. The molecule has 0 aromatic heterocycles. The summed E-state index contributed by atoms with van der Waals surface area (Å²) in [5.41, 5.74) is 0. The average Bonchev–Trinajstić information content (AvgIpc) is 2.06. The van der Waals surface area contributed by atoms with Crippen molar-refractivity contribution >= 4 is 16.2 Å². The maximum absolute atomic E-state index is 10.5. The Hall–Kier alpha value is -0.540. The minimum Gasteiger partial charge on any atom is -0.300 e. The van der Waals surface area contributed by atoms with Gasteiger partial charge in [0.05, 0.1) is 0 Å². The van der Waals surface area contributed by atoms with E-state index in [4.69, 9.17) is 28.0 Å². The highest BCUT2D eigenvalue weighted by Gasteiger charge is 2.05. The predicted molar refractivity (Wildman–Crippen MR) is 47.5 cm³/mol. The number of carbonyl (C=O) groups excluding carboxylic acids is 1. The lowest BCUT2D eigenvalue weighted by atomic mass is 10.00. The molecule has 0 amide bonds. The van der Waals surface area contributed by atoms with E-state index in [0.717, 1.165) is 25.7 Å². The first-order valence-corrected chi connectivity index (χ1v) is 5.21. The van der Waals surface area contributed by atoms with Gasteiger partial charge < -0.3 is 0 Å². The highest BCUT2D eigenvalue weighted by atomic mass is 32.3. The standard InChI is InChI=1S/C6H10O.H2O4S.H2O2/c7-6-4-2-1-3-5-6;1-5(2,3)4;1-2/h1-5H2;(H2,1,2,3,4);1-2H. The van der Waals surface area contributed by atoms with E-state index in [2.05, 4.69) is 0 Å². The second kappa shape index (κ2) is 9.03. The van der Waals surface area contributed by atoms with Crippen LogP contribution >= 0.6 is 0 Å². The van der Waals surface area contributed by atoms with Crippen LogP contribution in [0, 0.1) is 0 Å². The quantitative estimate of drug-likeness (QED) is 0.276. The van der Waals surface area contributed by atoms with E-state index in [9.17, 15) is 4.79 Å². The lowest BCUT2D eigenvalue weighted by Gasteiger charge is -2.05. The molecule has 1 aliphatic rings. The SMILES string of the molecule is O=C1CCCCC1.O=S(=O)(O)O.OO. The molecule has 1 aliphatic carbocycles. The Bertz CT molecular complexity index is 217. The third kappa shape index (κ3) is 22.5. The molecule has 0 bridgehead atoms. The maximum atomic E-state index is 10.5. The summed E-state index contributed by atoms with van der Waals surface area (Å²) < 4.78 is 31.6. The third-order valence-electron chi connectivity index (χ3n) is 1.41. The van der Waals surface area contributed by atoms with Crippen molar-refractivity contribution in [1.82, 2.24) is 0 Å². The normalized spacial score (nSPS) is 15.9. The van der Waals surface area contributed by atoms with E-state index in [1.807, 2.05) is 0 Å². The van der Waals surface area contributed by atoms with Crippen LogP contribution in [0.25, 0.3) is 0 Å². The van der Waals surface area contributed by atoms with Gasteiger partial charge in [-0.25, -0.2) is 0 Å². The van der Waals surface area contributed by atoms with E-state index in [1.165, 1.54) is 6.42 Å². The molecule has 1 fully saturated rings. The van der Waals surface area contributed by atoms with Crippen molar-refractivity contribution in [3.8, 4) is 0 Å². The Labute approximate surface area is 81.9 Å². The molecular weight excluding hydrogens is 216 g/mol. The molecule has 0 heterocycles. The molecule has 1 rings (SSSR count). The summed E-state index contributed by atoms with van der Waals surface area (Å²) in [5.74, 6) is 0.464. The number of rotatable bonds is 0. The van der Waals surface area contributed by atoms with Gasteiger partial charge in [0.1, 0.15) is 5.78 Å². The Balaban J connectivity index is 0. The van der Waals surface area contributed by atoms with Crippen LogP contribution in [-0.4, -0.2) is 33.8 Å². The van der Waals surface area contributed by atoms with E-state index in [1.54, 1.807) is 0 Å². The van der Waals surface area contributed by atoms with Gasteiger partial charge in [0.15, 0.2) is 0 Å². The molecule has 1 saturated carbocycles. The number of ketones is 1. The fourth-order valence-electron chi connectivity index (χ4n) is 0.946. The van der Waals surface area contributed by atoms with Crippen molar-refractivity contribution in [1.29, 1.82) is 0 Å². The molecule has 14 heavy (non-hydrogen) atoms. The first kappa shape index (κ1) is 15.9. The van der Waals surface area contributed by atoms with Crippen molar-refractivity contribution < 1.29 is 32.8 Å². The molecule has 0 aliphatic heterocycles. The molecule has 7 nitrogen and oxygen atoms in total. The molecule has 0 aromatic rings. The summed E-state index contributed by atoms with van der Waals surface area (Å²) in [6, 6.07) is 0. The Morgan fingerprint density at radius 3 is 1.36 bits per heavy atom. The highest BCUT2D eigenvalue weighted by molar-refractivity contribution is 7.79. The van der Waals surface area contributed by atoms with Crippen molar-refractivity contribution in [2.24, 2.45) is 0 Å². The molecule has 0 spiro atoms. The van der Waals surface area contributed by atoms with Gasteiger partial charge in [-0.3, -0.25) is 24.4 Å². The maximum Gasteiger partial charge on any atom is 0.394 e. The van der Waals surface area contributed by atoms with Gasteiger partial charge in [0.25, 0.3) is 0 Å². The van der Waals surface area contributed by atoms with Crippen LogP contribution in [0.3, 0.4) is 0 Å². The van der Waals surface area contributed by atoms with E-state index < -0.39 is 10.4 Å². The molecule has 0 aromatic carbocycles. The smallest absolute Gasteiger partial charge is 0.300 e. The van der Waals surface area contributed by atoms with Gasteiger partial charge in [-0.15, -0.1) is 0 Å². The van der Waals surface area contributed by atoms with Gasteiger partial charge in [0, 0.05) is 12.8 Å². The van der Waals surface area contributed by atoms with Crippen LogP contribution in [0.5, 0.6) is 0 Å². The van der Waals surface area contributed by atoms with Gasteiger partial charge in [-0.1, -0.05) is 6.42 Å². The monoisotopic (exact) mass is 230 g/mol. The zero-order valence-electron chi connectivity index (χ0n) is 7.46. The van der Waals surface area contributed by atoms with Gasteiger partial charge >= 0.3 is 10.4 Å². The fraction of sp³-hybridized carbons (Fsp3) is 0.833. The van der Waals surface area contributed by atoms with Crippen molar-refractivity contribution in [3.63, 3.8) is 0 Å². The molecule has 0 unspecified atom stereocenters. The zero-order valence-corrected chi connectivity index (χ0v) is 8.27. The van der Waals surface area contributed by atoms with Crippen molar-refractivity contribution in [2.75, 3.05) is 0 Å². The summed E-state index contributed by atoms with van der Waals surface area (Å²) in [7, 11) is -4.67. The van der Waals surface area contributed by atoms with Crippen LogP contribution in [0.4, 0.5) is 0 Å². The molecule has 0 atom stereocenters. The summed E-state index contributed by atoms with van der Waals surface area (Å²) in [6.07, 6.45) is 5.24. The van der Waals surface area contributed by atoms with Crippen LogP contribution in [0.2, 0.25) is 0 Å². The molecular formula is C6H14O7S. The van der Waals surface area contributed by atoms with Gasteiger partial charge in [0.2, 0.25) is 0 Å². The molecule has 0 radical (unpaired) electrons. The second-order valence-electron chi connectivity index (χ2n) is 2.55. The second-order valence-corrected chi connectivity index (χ2v) is 3.44. The fourth-order valence-corrected chi connectivity index (χ4v) is 0.946. The minimum absolute atomic E-state index is 0.464. The summed E-state index contributed by atoms with van der Waals surface area (Å²) >= 11 is 0. The van der Waals surface area contributed by atoms with E-state index >= 15 is 0 Å². The number of hydrogen-bond acceptors (Lipinski definition) is 5. The summed E-state index contributed by atoms with van der Waals surface area (Å²) in [6.45, 7) is 0. The predicted octanol–water partition coefficient (Wildman–Crippen LogP) is 0.884. The van der Waals surface area contributed by atoms with Crippen molar-refractivity contribution in [3.05, 3.63) is 0 Å². The number of Topliss-reactive ketones (excluding diaryl/α,β-unsaturated/α-hetero) is 1.